The first-order valence-electron chi connectivity index (χ1n) is 8.34. The minimum absolute atomic E-state index is 0.0703. The maximum atomic E-state index is 14.3. The molecule has 3 aromatic rings. The SMILES string of the molecule is COC(=O)c1c(N(C(C)=O)C(C)c2ccccc2F)sc2c(Cl)c(O)ccc12. The summed E-state index contributed by atoms with van der Waals surface area (Å²) in [5, 5.41) is 10.7. The molecule has 0 aliphatic carbocycles. The molecule has 0 saturated heterocycles. The van der Waals surface area contributed by atoms with Crippen molar-refractivity contribution in [3.05, 3.63) is 58.4 Å². The lowest BCUT2D eigenvalue weighted by Gasteiger charge is -2.28. The van der Waals surface area contributed by atoms with Gasteiger partial charge < -0.3 is 9.84 Å². The number of nitrogens with zero attached hydrogens (tertiary/aromatic N) is 1. The van der Waals surface area contributed by atoms with E-state index in [9.17, 15) is 19.1 Å². The fourth-order valence-electron chi connectivity index (χ4n) is 3.12. The number of aromatic hydroxyl groups is 1. The third-order valence-corrected chi connectivity index (χ3v) is 6.17. The minimum atomic E-state index is -0.692. The van der Waals surface area contributed by atoms with Gasteiger partial charge >= 0.3 is 5.97 Å². The van der Waals surface area contributed by atoms with E-state index in [-0.39, 0.29) is 27.2 Å². The number of halogens is 2. The number of thiophene rings is 1. The largest absolute Gasteiger partial charge is 0.506 e. The quantitative estimate of drug-likeness (QED) is 0.580. The number of phenolic OH excluding ortho intramolecular Hbond substituents is 1. The summed E-state index contributed by atoms with van der Waals surface area (Å²) in [6.45, 7) is 3.01. The van der Waals surface area contributed by atoms with E-state index in [4.69, 9.17) is 16.3 Å². The molecule has 1 N–H and O–H groups in total. The van der Waals surface area contributed by atoms with E-state index in [2.05, 4.69) is 0 Å². The highest BCUT2D eigenvalue weighted by Gasteiger charge is 2.31. The Morgan fingerprint density at radius 2 is 1.93 bits per heavy atom. The summed E-state index contributed by atoms with van der Waals surface area (Å²) in [5.41, 5.74) is 0.447. The lowest BCUT2D eigenvalue weighted by atomic mass is 10.1. The molecule has 0 radical (unpaired) electrons. The Balaban J connectivity index is 2.29. The van der Waals surface area contributed by atoms with Crippen molar-refractivity contribution in [3.8, 4) is 5.75 Å². The number of ether oxygens (including phenoxy) is 1. The summed E-state index contributed by atoms with van der Waals surface area (Å²) in [6, 6.07) is 8.34. The topological polar surface area (TPSA) is 66.8 Å². The average Bonchev–Trinajstić information content (AvgIpc) is 3.04. The molecule has 0 spiro atoms. The van der Waals surface area contributed by atoms with Crippen LogP contribution in [0.2, 0.25) is 5.02 Å². The molecule has 1 heterocycles. The predicted molar refractivity (Wildman–Crippen MR) is 108 cm³/mol. The van der Waals surface area contributed by atoms with Gasteiger partial charge in [0.25, 0.3) is 0 Å². The molecule has 0 fully saturated rings. The molecule has 3 rings (SSSR count). The Labute approximate surface area is 169 Å². The highest BCUT2D eigenvalue weighted by molar-refractivity contribution is 7.24. The molecule has 0 aliphatic heterocycles. The number of hydrogen-bond acceptors (Lipinski definition) is 5. The van der Waals surface area contributed by atoms with Crippen LogP contribution in [0.3, 0.4) is 0 Å². The van der Waals surface area contributed by atoms with Crippen LogP contribution in [0.4, 0.5) is 9.39 Å². The van der Waals surface area contributed by atoms with Crippen LogP contribution >= 0.6 is 22.9 Å². The second kappa shape index (κ2) is 7.77. The molecule has 1 amide bonds. The van der Waals surface area contributed by atoms with Crippen LogP contribution in [-0.2, 0) is 9.53 Å². The van der Waals surface area contributed by atoms with Crippen LogP contribution in [0.15, 0.2) is 36.4 Å². The van der Waals surface area contributed by atoms with E-state index < -0.39 is 17.8 Å². The van der Waals surface area contributed by atoms with Gasteiger partial charge in [-0.2, -0.15) is 0 Å². The number of carbonyl (C=O) groups excluding carboxylic acids is 2. The van der Waals surface area contributed by atoms with E-state index in [0.717, 1.165) is 11.3 Å². The van der Waals surface area contributed by atoms with Crippen molar-refractivity contribution >= 4 is 49.9 Å². The number of carbonyl (C=O) groups is 2. The van der Waals surface area contributed by atoms with E-state index in [1.807, 2.05) is 0 Å². The molecule has 28 heavy (non-hydrogen) atoms. The fourth-order valence-corrected chi connectivity index (χ4v) is 4.75. The second-order valence-corrected chi connectivity index (χ2v) is 7.51. The van der Waals surface area contributed by atoms with Crippen molar-refractivity contribution in [2.75, 3.05) is 12.0 Å². The Hall–Kier alpha value is -2.64. The molecule has 8 heteroatoms. The fraction of sp³-hybridized carbons (Fsp3) is 0.200. The molecule has 1 unspecified atom stereocenters. The van der Waals surface area contributed by atoms with Gasteiger partial charge in [0, 0.05) is 17.9 Å². The molecule has 1 atom stereocenters. The van der Waals surface area contributed by atoms with Gasteiger partial charge in [0.2, 0.25) is 5.91 Å². The summed E-state index contributed by atoms with van der Waals surface area (Å²) in [5.74, 6) is -1.64. The van der Waals surface area contributed by atoms with Gasteiger partial charge in [0.05, 0.1) is 17.9 Å². The summed E-state index contributed by atoms with van der Waals surface area (Å²) in [7, 11) is 1.23. The van der Waals surface area contributed by atoms with Crippen molar-refractivity contribution in [2.45, 2.75) is 19.9 Å². The molecule has 0 aliphatic rings. The number of fused-ring (bicyclic) bond motifs is 1. The predicted octanol–water partition coefficient (Wildman–Crippen LogP) is 5.30. The van der Waals surface area contributed by atoms with Gasteiger partial charge in [0.15, 0.2) is 0 Å². The zero-order valence-electron chi connectivity index (χ0n) is 15.3. The zero-order valence-corrected chi connectivity index (χ0v) is 16.9. The Morgan fingerprint density at radius 3 is 2.54 bits per heavy atom. The number of esters is 1. The average molecular weight is 422 g/mol. The van der Waals surface area contributed by atoms with Crippen molar-refractivity contribution in [2.24, 2.45) is 0 Å². The van der Waals surface area contributed by atoms with Gasteiger partial charge in [-0.1, -0.05) is 29.8 Å². The first-order chi connectivity index (χ1) is 13.3. The lowest BCUT2D eigenvalue weighted by Crippen LogP contribution is -2.32. The molecule has 0 bridgehead atoms. The summed E-state index contributed by atoms with van der Waals surface area (Å²) < 4.78 is 19.7. The van der Waals surface area contributed by atoms with Crippen LogP contribution in [0, 0.1) is 5.82 Å². The van der Waals surface area contributed by atoms with Crippen LogP contribution in [-0.4, -0.2) is 24.1 Å². The third kappa shape index (κ3) is 3.31. The molecule has 0 saturated carbocycles. The molecule has 146 valence electrons. The number of anilines is 1. The van der Waals surface area contributed by atoms with Crippen LogP contribution in [0.1, 0.15) is 35.8 Å². The molecule has 2 aromatic carbocycles. The van der Waals surface area contributed by atoms with Crippen molar-refractivity contribution in [3.63, 3.8) is 0 Å². The summed E-state index contributed by atoms with van der Waals surface area (Å²) in [6.07, 6.45) is 0. The molecular formula is C20H17ClFNO4S. The van der Waals surface area contributed by atoms with E-state index in [1.165, 1.54) is 37.1 Å². The normalized spacial score (nSPS) is 12.0. The Bertz CT molecular complexity index is 1080. The summed E-state index contributed by atoms with van der Waals surface area (Å²) >= 11 is 7.27. The van der Waals surface area contributed by atoms with Crippen LogP contribution < -0.4 is 4.90 Å². The van der Waals surface area contributed by atoms with Crippen LogP contribution in [0.5, 0.6) is 5.75 Å². The third-order valence-electron chi connectivity index (χ3n) is 4.45. The van der Waals surface area contributed by atoms with Crippen molar-refractivity contribution in [1.29, 1.82) is 0 Å². The summed E-state index contributed by atoms with van der Waals surface area (Å²) in [4.78, 5) is 26.4. The molecular weight excluding hydrogens is 405 g/mol. The molecule has 5 nitrogen and oxygen atoms in total. The number of hydrogen-bond donors (Lipinski definition) is 1. The van der Waals surface area contributed by atoms with Gasteiger partial charge in [-0.15, -0.1) is 11.3 Å². The Kier molecular flexibility index (Phi) is 5.58. The monoisotopic (exact) mass is 421 g/mol. The minimum Gasteiger partial charge on any atom is -0.506 e. The number of methoxy groups -OCH3 is 1. The number of rotatable bonds is 4. The Morgan fingerprint density at radius 1 is 1.25 bits per heavy atom. The van der Waals surface area contributed by atoms with Gasteiger partial charge in [-0.05, 0) is 25.1 Å². The highest BCUT2D eigenvalue weighted by atomic mass is 35.5. The maximum Gasteiger partial charge on any atom is 0.341 e. The van der Waals surface area contributed by atoms with Gasteiger partial charge in [-0.3, -0.25) is 9.69 Å². The van der Waals surface area contributed by atoms with Crippen molar-refractivity contribution in [1.82, 2.24) is 0 Å². The number of benzene rings is 2. The van der Waals surface area contributed by atoms with E-state index in [1.54, 1.807) is 25.1 Å². The number of phenols is 1. The lowest BCUT2D eigenvalue weighted by molar-refractivity contribution is -0.117. The van der Waals surface area contributed by atoms with Gasteiger partial charge in [0.1, 0.15) is 27.2 Å². The smallest absolute Gasteiger partial charge is 0.341 e. The first kappa shape index (κ1) is 20.1. The van der Waals surface area contributed by atoms with E-state index >= 15 is 0 Å². The first-order valence-corrected chi connectivity index (χ1v) is 9.53. The molecule has 1 aromatic heterocycles. The maximum absolute atomic E-state index is 14.3. The van der Waals surface area contributed by atoms with E-state index in [0.29, 0.717) is 15.6 Å². The standard InChI is InChI=1S/C20H17ClFNO4S/c1-10(12-6-4-5-7-14(12)22)23(11(2)24)19-16(20(26)27-3)13-8-9-15(25)17(21)18(13)28-19/h4-10,25H,1-3H3. The van der Waals surface area contributed by atoms with Crippen LogP contribution in [0.25, 0.3) is 10.1 Å². The highest BCUT2D eigenvalue weighted by Crippen LogP contribution is 2.46. The van der Waals surface area contributed by atoms with Crippen molar-refractivity contribution < 1.29 is 23.8 Å². The second-order valence-electron chi connectivity index (χ2n) is 6.14. The van der Waals surface area contributed by atoms with Gasteiger partial charge in [-0.25, -0.2) is 9.18 Å². The number of amides is 1. The zero-order chi connectivity index (χ0) is 20.6.